The van der Waals surface area contributed by atoms with Gasteiger partial charge in [-0.05, 0) is 6.42 Å². The fourth-order valence-corrected chi connectivity index (χ4v) is 0.360. The van der Waals surface area contributed by atoms with E-state index in [1.807, 2.05) is 0 Å². The average molecular weight is 149 g/mol. The molecule has 0 aromatic heterocycles. The maximum absolute atomic E-state index is 10.1. The number of ether oxygens (including phenoxy) is 1. The molecule has 62 valence electrons. The van der Waals surface area contributed by atoms with Crippen LogP contribution in [0.2, 0.25) is 0 Å². The van der Waals surface area contributed by atoms with E-state index in [2.05, 4.69) is 17.6 Å². The van der Waals surface area contributed by atoms with Crippen LogP contribution < -0.4 is 5.90 Å². The molecule has 0 aliphatic carbocycles. The van der Waals surface area contributed by atoms with Crippen molar-refractivity contribution in [3.63, 3.8) is 0 Å². The summed E-state index contributed by atoms with van der Waals surface area (Å²) in [5, 5.41) is 6.50. The Morgan fingerprint density at radius 2 is 2.10 bits per heavy atom. The molecule has 0 saturated carbocycles. The second-order valence-electron chi connectivity index (χ2n) is 1.69. The van der Waals surface area contributed by atoms with Gasteiger partial charge in [-0.2, -0.15) is 0 Å². The summed E-state index contributed by atoms with van der Waals surface area (Å²) in [5.74, 6) is 3.32. The van der Waals surface area contributed by atoms with Crippen LogP contribution in [-0.4, -0.2) is 17.8 Å². The van der Waals surface area contributed by atoms with E-state index in [9.17, 15) is 4.79 Å². The molecule has 0 atom stereocenters. The molecular weight excluding hydrogens is 134 g/mol. The van der Waals surface area contributed by atoms with E-state index in [4.69, 9.17) is 5.21 Å². The largest absolute Gasteiger partial charge is 0.466 e. The first-order valence-electron chi connectivity index (χ1n) is 3.16. The summed E-state index contributed by atoms with van der Waals surface area (Å²) in [6.07, 6.45) is 2.05. The lowest BCUT2D eigenvalue weighted by atomic mass is 10.4. The molecule has 4 heteroatoms. The van der Waals surface area contributed by atoms with E-state index in [1.165, 1.54) is 6.92 Å². The summed E-state index contributed by atoms with van der Waals surface area (Å²) in [5.41, 5.74) is 0. The van der Waals surface area contributed by atoms with Crippen LogP contribution in [0, 0.1) is 0 Å². The molecule has 0 amide bonds. The molecular formula is C6H15NO3. The van der Waals surface area contributed by atoms with Gasteiger partial charge in [-0.15, -0.1) is 0 Å². The van der Waals surface area contributed by atoms with Crippen molar-refractivity contribution >= 4 is 5.97 Å². The first-order valence-corrected chi connectivity index (χ1v) is 3.16. The van der Waals surface area contributed by atoms with Gasteiger partial charge >= 0.3 is 5.97 Å². The molecule has 0 aromatic rings. The number of hydrogen-bond acceptors (Lipinski definition) is 4. The van der Waals surface area contributed by atoms with Gasteiger partial charge in [-0.25, -0.2) is 5.90 Å². The van der Waals surface area contributed by atoms with Crippen molar-refractivity contribution in [3.8, 4) is 0 Å². The predicted molar refractivity (Wildman–Crippen MR) is 37.5 cm³/mol. The standard InChI is InChI=1S/C6H12O2.H3NO/c1-3-4-5-8-6(2)7;1-2/h3-5H2,1-2H3;2H,1H2. The Morgan fingerprint density at radius 3 is 2.40 bits per heavy atom. The molecule has 4 nitrogen and oxygen atoms in total. The molecule has 10 heavy (non-hydrogen) atoms. The number of hydrogen-bond donors (Lipinski definition) is 2. The molecule has 0 unspecified atom stereocenters. The third kappa shape index (κ3) is 15.7. The van der Waals surface area contributed by atoms with Gasteiger partial charge in [0.25, 0.3) is 0 Å². The molecule has 0 spiro atoms. The summed E-state index contributed by atoms with van der Waals surface area (Å²) in [6, 6.07) is 0. The van der Waals surface area contributed by atoms with Gasteiger partial charge in [-0.1, -0.05) is 13.3 Å². The van der Waals surface area contributed by atoms with Crippen molar-refractivity contribution in [1.82, 2.24) is 0 Å². The molecule has 0 aromatic carbocycles. The number of rotatable bonds is 3. The lowest BCUT2D eigenvalue weighted by Crippen LogP contribution is -1.99. The molecule has 0 rings (SSSR count). The minimum atomic E-state index is -0.182. The van der Waals surface area contributed by atoms with Crippen LogP contribution >= 0.6 is 0 Å². The van der Waals surface area contributed by atoms with E-state index in [0.29, 0.717) is 6.61 Å². The highest BCUT2D eigenvalue weighted by atomic mass is 16.5. The van der Waals surface area contributed by atoms with Crippen molar-refractivity contribution in [1.29, 1.82) is 0 Å². The molecule has 0 heterocycles. The summed E-state index contributed by atoms with van der Waals surface area (Å²) in [4.78, 5) is 10.1. The zero-order valence-electron chi connectivity index (χ0n) is 6.46. The molecule has 0 saturated heterocycles. The first-order chi connectivity index (χ1) is 4.77. The Hall–Kier alpha value is -0.610. The Bertz CT molecular complexity index is 75.4. The first kappa shape index (κ1) is 12.1. The van der Waals surface area contributed by atoms with Crippen molar-refractivity contribution in [2.45, 2.75) is 26.7 Å². The Kier molecular flexibility index (Phi) is 13.6. The highest BCUT2D eigenvalue weighted by Gasteiger charge is 1.88. The average Bonchev–Trinajstić information content (AvgIpc) is 1.92. The Morgan fingerprint density at radius 1 is 1.60 bits per heavy atom. The smallest absolute Gasteiger partial charge is 0.302 e. The van der Waals surface area contributed by atoms with Crippen LogP contribution in [-0.2, 0) is 9.53 Å². The highest BCUT2D eigenvalue weighted by molar-refractivity contribution is 5.65. The minimum Gasteiger partial charge on any atom is -0.466 e. The predicted octanol–water partition coefficient (Wildman–Crippen LogP) is 0.684. The van der Waals surface area contributed by atoms with Crippen molar-refractivity contribution in [2.75, 3.05) is 6.61 Å². The zero-order chi connectivity index (χ0) is 8.41. The van der Waals surface area contributed by atoms with Crippen LogP contribution in [0.1, 0.15) is 26.7 Å². The lowest BCUT2D eigenvalue weighted by molar-refractivity contribution is -0.141. The van der Waals surface area contributed by atoms with Gasteiger partial charge in [0.05, 0.1) is 6.61 Å². The second-order valence-corrected chi connectivity index (χ2v) is 1.69. The molecule has 0 aliphatic heterocycles. The lowest BCUT2D eigenvalue weighted by Gasteiger charge is -1.96. The molecule has 0 fully saturated rings. The van der Waals surface area contributed by atoms with E-state index >= 15 is 0 Å². The summed E-state index contributed by atoms with van der Waals surface area (Å²) >= 11 is 0. The topological polar surface area (TPSA) is 72.5 Å². The summed E-state index contributed by atoms with van der Waals surface area (Å²) in [7, 11) is 0. The third-order valence-electron chi connectivity index (χ3n) is 0.803. The normalized spacial score (nSPS) is 7.60. The van der Waals surface area contributed by atoms with E-state index < -0.39 is 0 Å². The van der Waals surface area contributed by atoms with Crippen LogP contribution in [0.3, 0.4) is 0 Å². The highest BCUT2D eigenvalue weighted by Crippen LogP contribution is 1.86. The summed E-state index contributed by atoms with van der Waals surface area (Å²) < 4.78 is 4.64. The van der Waals surface area contributed by atoms with Crippen molar-refractivity contribution in [3.05, 3.63) is 0 Å². The fraction of sp³-hybridized carbons (Fsp3) is 0.833. The van der Waals surface area contributed by atoms with Gasteiger partial charge in [0, 0.05) is 6.92 Å². The zero-order valence-corrected chi connectivity index (χ0v) is 6.46. The van der Waals surface area contributed by atoms with Gasteiger partial charge in [0.1, 0.15) is 0 Å². The minimum absolute atomic E-state index is 0.182. The maximum Gasteiger partial charge on any atom is 0.302 e. The SMILES string of the molecule is CCCCOC(C)=O.NO. The second kappa shape index (κ2) is 11.2. The fourth-order valence-electron chi connectivity index (χ4n) is 0.360. The van der Waals surface area contributed by atoms with Crippen LogP contribution in [0.4, 0.5) is 0 Å². The summed E-state index contributed by atoms with van der Waals surface area (Å²) in [6.45, 7) is 4.06. The van der Waals surface area contributed by atoms with Gasteiger partial charge in [0.2, 0.25) is 0 Å². The van der Waals surface area contributed by atoms with Crippen LogP contribution in [0.15, 0.2) is 0 Å². The number of nitrogens with two attached hydrogens (primary N) is 1. The molecule has 0 bridgehead atoms. The van der Waals surface area contributed by atoms with Gasteiger partial charge < -0.3 is 9.94 Å². The third-order valence-corrected chi connectivity index (χ3v) is 0.803. The molecule has 3 N–H and O–H groups in total. The van der Waals surface area contributed by atoms with Crippen molar-refractivity contribution in [2.24, 2.45) is 5.90 Å². The number of carbonyl (C=O) groups is 1. The Labute approximate surface area is 60.9 Å². The van der Waals surface area contributed by atoms with Crippen LogP contribution in [0.5, 0.6) is 0 Å². The van der Waals surface area contributed by atoms with Crippen LogP contribution in [0.25, 0.3) is 0 Å². The van der Waals surface area contributed by atoms with E-state index in [-0.39, 0.29) is 5.97 Å². The quantitative estimate of drug-likeness (QED) is 0.351. The maximum atomic E-state index is 10.1. The Balaban J connectivity index is 0. The van der Waals surface area contributed by atoms with E-state index in [0.717, 1.165) is 12.8 Å². The van der Waals surface area contributed by atoms with Gasteiger partial charge in [0.15, 0.2) is 0 Å². The number of carbonyl (C=O) groups excluding carboxylic acids is 1. The number of esters is 1. The van der Waals surface area contributed by atoms with Crippen molar-refractivity contribution < 1.29 is 14.7 Å². The molecule has 0 aliphatic rings. The number of unbranched alkanes of at least 4 members (excludes halogenated alkanes) is 1. The van der Waals surface area contributed by atoms with E-state index in [1.54, 1.807) is 0 Å². The molecule has 0 radical (unpaired) electrons. The van der Waals surface area contributed by atoms with Gasteiger partial charge in [-0.3, -0.25) is 4.79 Å². The monoisotopic (exact) mass is 149 g/mol.